The summed E-state index contributed by atoms with van der Waals surface area (Å²) in [6.45, 7) is -1.68. The Labute approximate surface area is 93.5 Å². The van der Waals surface area contributed by atoms with Crippen molar-refractivity contribution in [3.8, 4) is 0 Å². The smallest absolute Gasteiger partial charge is 0.266 e. The zero-order valence-electron chi connectivity index (χ0n) is 8.32. The number of carbonyl (C=O) groups excluding carboxylic acids is 2. The van der Waals surface area contributed by atoms with E-state index in [0.717, 1.165) is 0 Å². The third-order valence-corrected chi connectivity index (χ3v) is 2.11. The Morgan fingerprint density at radius 3 is 1.94 bits per heavy atom. The molecule has 7 heteroatoms. The molecule has 0 saturated heterocycles. The van der Waals surface area contributed by atoms with Crippen molar-refractivity contribution in [1.29, 1.82) is 0 Å². The Hall–Kier alpha value is -1.89. The fourth-order valence-electron chi connectivity index (χ4n) is 1.42. The van der Waals surface area contributed by atoms with Crippen LogP contribution in [0, 0.1) is 0 Å². The van der Waals surface area contributed by atoms with Gasteiger partial charge in [-0.05, 0) is 12.1 Å². The number of hydrogen-bond acceptors (Lipinski definition) is 3. The maximum Gasteiger partial charge on any atom is 0.414 e. The molecule has 4 nitrogen and oxygen atoms in total. The van der Waals surface area contributed by atoms with Gasteiger partial charge in [0.05, 0.1) is 11.1 Å². The van der Waals surface area contributed by atoms with Gasteiger partial charge in [-0.2, -0.15) is 13.2 Å². The van der Waals surface area contributed by atoms with Crippen LogP contribution >= 0.6 is 0 Å². The second kappa shape index (κ2) is 3.85. The van der Waals surface area contributed by atoms with Crippen molar-refractivity contribution >= 4 is 11.8 Å². The van der Waals surface area contributed by atoms with Gasteiger partial charge >= 0.3 is 6.18 Å². The van der Waals surface area contributed by atoms with Gasteiger partial charge < -0.3 is 0 Å². The molecule has 2 rings (SSSR count). The summed E-state index contributed by atoms with van der Waals surface area (Å²) in [4.78, 5) is 27.3. The molecule has 90 valence electrons. The summed E-state index contributed by atoms with van der Waals surface area (Å²) >= 11 is 0. The molecule has 17 heavy (non-hydrogen) atoms. The van der Waals surface area contributed by atoms with E-state index in [1.807, 2.05) is 0 Å². The van der Waals surface area contributed by atoms with E-state index in [9.17, 15) is 22.8 Å². The van der Waals surface area contributed by atoms with Crippen LogP contribution in [0.15, 0.2) is 24.3 Å². The highest BCUT2D eigenvalue weighted by molar-refractivity contribution is 6.20. The minimum absolute atomic E-state index is 0.0414. The number of hydroxylamine groups is 2. The SMILES string of the molecule is O=C1c2ccccc2C(=O)N1OCC(F)(F)F. The number of imide groups is 1. The van der Waals surface area contributed by atoms with E-state index in [0.29, 0.717) is 0 Å². The molecule has 0 fully saturated rings. The topological polar surface area (TPSA) is 46.6 Å². The Morgan fingerprint density at radius 2 is 1.53 bits per heavy atom. The number of amides is 2. The van der Waals surface area contributed by atoms with Gasteiger partial charge in [0.25, 0.3) is 11.8 Å². The maximum absolute atomic E-state index is 11.9. The molecule has 2 amide bonds. The van der Waals surface area contributed by atoms with Gasteiger partial charge in [-0.1, -0.05) is 12.1 Å². The van der Waals surface area contributed by atoms with E-state index in [1.165, 1.54) is 24.3 Å². The van der Waals surface area contributed by atoms with E-state index in [1.54, 1.807) is 0 Å². The molecule has 0 unspecified atom stereocenters. The Morgan fingerprint density at radius 1 is 1.06 bits per heavy atom. The van der Waals surface area contributed by atoms with Crippen LogP contribution in [-0.2, 0) is 4.84 Å². The summed E-state index contributed by atoms with van der Waals surface area (Å²) in [5.41, 5.74) is 0.0827. The highest BCUT2D eigenvalue weighted by Crippen LogP contribution is 2.24. The molecule has 1 aromatic carbocycles. The fraction of sp³-hybridized carbons (Fsp3) is 0.200. The predicted molar refractivity (Wildman–Crippen MR) is 48.9 cm³/mol. The van der Waals surface area contributed by atoms with Crippen LogP contribution in [0.2, 0.25) is 0 Å². The second-order valence-electron chi connectivity index (χ2n) is 3.34. The van der Waals surface area contributed by atoms with Crippen molar-refractivity contribution in [2.24, 2.45) is 0 Å². The van der Waals surface area contributed by atoms with Gasteiger partial charge in [-0.15, -0.1) is 5.06 Å². The monoisotopic (exact) mass is 245 g/mol. The van der Waals surface area contributed by atoms with Crippen molar-refractivity contribution in [2.45, 2.75) is 6.18 Å². The number of alkyl halides is 3. The largest absolute Gasteiger partial charge is 0.414 e. The van der Waals surface area contributed by atoms with E-state index < -0.39 is 24.6 Å². The first kappa shape index (κ1) is 11.6. The molecular weight excluding hydrogens is 239 g/mol. The lowest BCUT2D eigenvalue weighted by atomic mass is 10.1. The highest BCUT2D eigenvalue weighted by atomic mass is 19.4. The predicted octanol–water partition coefficient (Wildman–Crippen LogP) is 1.78. The minimum atomic E-state index is -4.60. The number of fused-ring (bicyclic) bond motifs is 1. The summed E-state index contributed by atoms with van der Waals surface area (Å²) < 4.78 is 35.8. The number of rotatable bonds is 2. The Balaban J connectivity index is 2.19. The van der Waals surface area contributed by atoms with Gasteiger partial charge in [0.2, 0.25) is 0 Å². The van der Waals surface area contributed by atoms with Crippen molar-refractivity contribution in [2.75, 3.05) is 6.61 Å². The lowest BCUT2D eigenvalue weighted by Gasteiger charge is -2.14. The molecule has 1 heterocycles. The van der Waals surface area contributed by atoms with Crippen LogP contribution in [0.5, 0.6) is 0 Å². The summed E-state index contributed by atoms with van der Waals surface area (Å²) in [7, 11) is 0. The molecule has 0 atom stereocenters. The fourth-order valence-corrected chi connectivity index (χ4v) is 1.42. The van der Waals surface area contributed by atoms with Crippen LogP contribution < -0.4 is 0 Å². The molecule has 0 saturated carbocycles. The van der Waals surface area contributed by atoms with E-state index in [4.69, 9.17) is 0 Å². The first-order valence-corrected chi connectivity index (χ1v) is 4.57. The normalized spacial score (nSPS) is 15.4. The standard InChI is InChI=1S/C10H6F3NO3/c11-10(12,13)5-17-14-8(15)6-3-1-2-4-7(6)9(14)16/h1-4H,5H2. The molecule has 0 radical (unpaired) electrons. The van der Waals surface area contributed by atoms with Crippen LogP contribution in [0.4, 0.5) is 13.2 Å². The van der Waals surface area contributed by atoms with E-state index >= 15 is 0 Å². The quantitative estimate of drug-likeness (QED) is 0.746. The third kappa shape index (κ3) is 2.14. The molecule has 1 aliphatic heterocycles. The molecule has 0 N–H and O–H groups in total. The Bertz CT molecular complexity index is 449. The summed E-state index contributed by atoms with van der Waals surface area (Å²) in [6.07, 6.45) is -4.60. The summed E-state index contributed by atoms with van der Waals surface area (Å²) in [5, 5.41) is 0.137. The van der Waals surface area contributed by atoms with Crippen molar-refractivity contribution in [3.05, 3.63) is 35.4 Å². The summed E-state index contributed by atoms with van der Waals surface area (Å²) in [5.74, 6) is -1.76. The van der Waals surface area contributed by atoms with Gasteiger partial charge in [-0.3, -0.25) is 14.4 Å². The van der Waals surface area contributed by atoms with Crippen molar-refractivity contribution < 1.29 is 27.6 Å². The molecule has 1 aromatic rings. The van der Waals surface area contributed by atoms with Crippen molar-refractivity contribution in [3.63, 3.8) is 0 Å². The van der Waals surface area contributed by atoms with Gasteiger partial charge in [0, 0.05) is 0 Å². The van der Waals surface area contributed by atoms with Gasteiger partial charge in [-0.25, -0.2) is 0 Å². The zero-order valence-corrected chi connectivity index (χ0v) is 8.32. The first-order chi connectivity index (χ1) is 7.90. The lowest BCUT2D eigenvalue weighted by Crippen LogP contribution is -2.34. The highest BCUT2D eigenvalue weighted by Gasteiger charge is 2.39. The minimum Gasteiger partial charge on any atom is -0.266 e. The van der Waals surface area contributed by atoms with Crippen LogP contribution in [-0.4, -0.2) is 29.7 Å². The maximum atomic E-state index is 11.9. The van der Waals surface area contributed by atoms with E-state index in [-0.39, 0.29) is 16.2 Å². The molecule has 0 aliphatic carbocycles. The van der Waals surface area contributed by atoms with Crippen molar-refractivity contribution in [1.82, 2.24) is 5.06 Å². The number of hydrogen-bond donors (Lipinski definition) is 0. The number of benzene rings is 1. The molecule has 0 aromatic heterocycles. The molecule has 0 spiro atoms. The van der Waals surface area contributed by atoms with E-state index in [2.05, 4.69) is 4.84 Å². The van der Waals surface area contributed by atoms with Crippen LogP contribution in [0.1, 0.15) is 20.7 Å². The van der Waals surface area contributed by atoms with Gasteiger partial charge in [0.1, 0.15) is 0 Å². The average molecular weight is 245 g/mol. The molecular formula is C10H6F3NO3. The number of halogens is 3. The van der Waals surface area contributed by atoms with Gasteiger partial charge in [0.15, 0.2) is 6.61 Å². The van der Waals surface area contributed by atoms with Crippen LogP contribution in [0.25, 0.3) is 0 Å². The summed E-state index contributed by atoms with van der Waals surface area (Å²) in [6, 6.07) is 5.73. The number of carbonyl (C=O) groups is 2. The third-order valence-electron chi connectivity index (χ3n) is 2.11. The Kier molecular flexibility index (Phi) is 2.62. The van der Waals surface area contributed by atoms with Crippen LogP contribution in [0.3, 0.4) is 0 Å². The number of nitrogens with zero attached hydrogens (tertiary/aromatic N) is 1. The zero-order chi connectivity index (χ0) is 12.6. The first-order valence-electron chi connectivity index (χ1n) is 4.57. The second-order valence-corrected chi connectivity index (χ2v) is 3.34. The molecule has 0 bridgehead atoms. The molecule has 1 aliphatic rings. The lowest BCUT2D eigenvalue weighted by molar-refractivity contribution is -0.218. The average Bonchev–Trinajstić information content (AvgIpc) is 2.49.